The Morgan fingerprint density at radius 1 is 1.44 bits per heavy atom. The predicted molar refractivity (Wildman–Crippen MR) is 79.7 cm³/mol. The van der Waals surface area contributed by atoms with Crippen LogP contribution in [0.4, 0.5) is 11.4 Å². The number of hydrogen-bond donors (Lipinski definition) is 2. The maximum Gasteiger partial charge on any atom is 0.234 e. The zero-order chi connectivity index (χ0) is 12.4. The minimum Gasteiger partial charge on any atom is -0.385 e. The van der Waals surface area contributed by atoms with Crippen LogP contribution in [-0.4, -0.2) is 29.7 Å². The molecule has 1 fully saturated rings. The normalized spacial score (nSPS) is 22.4. The van der Waals surface area contributed by atoms with Crippen LogP contribution in [0, 0.1) is 5.92 Å². The topological polar surface area (TPSA) is 41.1 Å². The highest BCUT2D eigenvalue weighted by Crippen LogP contribution is 2.33. The van der Waals surface area contributed by atoms with Crippen LogP contribution in [0.5, 0.6) is 0 Å². The van der Waals surface area contributed by atoms with Crippen molar-refractivity contribution in [2.24, 2.45) is 5.92 Å². The van der Waals surface area contributed by atoms with E-state index in [1.54, 1.807) is 11.8 Å². The van der Waals surface area contributed by atoms with Gasteiger partial charge < -0.3 is 10.6 Å². The number of benzene rings is 1. The average Bonchev–Trinajstić information content (AvgIpc) is 2.89. The summed E-state index contributed by atoms with van der Waals surface area (Å²) in [7, 11) is 0. The zero-order valence-corrected chi connectivity index (χ0v) is 11.7. The van der Waals surface area contributed by atoms with Crippen LogP contribution in [0.15, 0.2) is 23.1 Å². The summed E-state index contributed by atoms with van der Waals surface area (Å²) in [6.07, 6.45) is 1.31. The second-order valence-corrected chi connectivity index (χ2v) is 6.83. The third-order valence-electron chi connectivity index (χ3n) is 3.23. The number of fused-ring (bicyclic) bond motifs is 1. The van der Waals surface area contributed by atoms with E-state index >= 15 is 0 Å². The average molecular weight is 280 g/mol. The second-order valence-electron chi connectivity index (χ2n) is 4.66. The van der Waals surface area contributed by atoms with E-state index in [-0.39, 0.29) is 5.91 Å². The SMILES string of the molecule is O=C1CSc2ccc(NCC3CCSC3)cc2N1. The summed E-state index contributed by atoms with van der Waals surface area (Å²) < 4.78 is 0. The van der Waals surface area contributed by atoms with Crippen LogP contribution < -0.4 is 10.6 Å². The van der Waals surface area contributed by atoms with Crippen molar-refractivity contribution in [1.82, 2.24) is 0 Å². The lowest BCUT2D eigenvalue weighted by atomic mass is 10.1. The maximum absolute atomic E-state index is 11.3. The quantitative estimate of drug-likeness (QED) is 0.893. The standard InChI is InChI=1S/C13H16N2OS2/c16-13-8-18-12-2-1-10(5-11(12)15-13)14-6-9-3-4-17-7-9/h1-2,5,9,14H,3-4,6-8H2,(H,15,16). The van der Waals surface area contributed by atoms with Crippen molar-refractivity contribution in [1.29, 1.82) is 0 Å². The number of rotatable bonds is 3. The van der Waals surface area contributed by atoms with Crippen molar-refractivity contribution in [3.05, 3.63) is 18.2 Å². The Labute approximate surface area is 115 Å². The van der Waals surface area contributed by atoms with E-state index < -0.39 is 0 Å². The molecule has 96 valence electrons. The number of anilines is 2. The Balaban J connectivity index is 1.65. The highest BCUT2D eigenvalue weighted by Gasteiger charge is 2.17. The van der Waals surface area contributed by atoms with Gasteiger partial charge in [0.15, 0.2) is 0 Å². The fraction of sp³-hybridized carbons (Fsp3) is 0.462. The molecule has 18 heavy (non-hydrogen) atoms. The number of thioether (sulfide) groups is 2. The van der Waals surface area contributed by atoms with Gasteiger partial charge in [0.25, 0.3) is 0 Å². The van der Waals surface area contributed by atoms with Crippen molar-refractivity contribution in [3.8, 4) is 0 Å². The zero-order valence-electron chi connectivity index (χ0n) is 10.1. The smallest absolute Gasteiger partial charge is 0.234 e. The summed E-state index contributed by atoms with van der Waals surface area (Å²) in [5.74, 6) is 3.97. The minimum atomic E-state index is 0.0943. The van der Waals surface area contributed by atoms with Crippen molar-refractivity contribution in [3.63, 3.8) is 0 Å². The summed E-state index contributed by atoms with van der Waals surface area (Å²) in [5, 5.41) is 6.40. The van der Waals surface area contributed by atoms with Gasteiger partial charge in [-0.25, -0.2) is 0 Å². The van der Waals surface area contributed by atoms with Gasteiger partial charge in [-0.2, -0.15) is 11.8 Å². The highest BCUT2D eigenvalue weighted by molar-refractivity contribution is 8.00. The monoisotopic (exact) mass is 280 g/mol. The molecular formula is C13H16N2OS2. The van der Waals surface area contributed by atoms with Crippen LogP contribution in [0.25, 0.3) is 0 Å². The number of hydrogen-bond acceptors (Lipinski definition) is 4. The number of amides is 1. The van der Waals surface area contributed by atoms with Crippen molar-refractivity contribution < 1.29 is 4.79 Å². The number of nitrogens with one attached hydrogen (secondary N) is 2. The van der Waals surface area contributed by atoms with Crippen molar-refractivity contribution in [2.45, 2.75) is 11.3 Å². The molecule has 2 N–H and O–H groups in total. The van der Waals surface area contributed by atoms with Crippen LogP contribution >= 0.6 is 23.5 Å². The summed E-state index contributed by atoms with van der Waals surface area (Å²) in [6.45, 7) is 1.03. The Morgan fingerprint density at radius 2 is 2.39 bits per heavy atom. The molecule has 3 nitrogen and oxygen atoms in total. The molecule has 2 aliphatic rings. The van der Waals surface area contributed by atoms with Crippen molar-refractivity contribution >= 4 is 40.8 Å². The molecule has 1 unspecified atom stereocenters. The molecule has 3 rings (SSSR count). The summed E-state index contributed by atoms with van der Waals surface area (Å²) >= 11 is 3.65. The van der Waals surface area contributed by atoms with Gasteiger partial charge in [-0.15, -0.1) is 11.8 Å². The first kappa shape index (κ1) is 12.2. The van der Waals surface area contributed by atoms with E-state index in [0.717, 1.165) is 28.7 Å². The number of carbonyl (C=O) groups excluding carboxylic acids is 1. The molecule has 0 saturated carbocycles. The highest BCUT2D eigenvalue weighted by atomic mass is 32.2. The second kappa shape index (κ2) is 5.45. The molecule has 0 aromatic heterocycles. The van der Waals surface area contributed by atoms with Gasteiger partial charge in [-0.3, -0.25) is 4.79 Å². The van der Waals surface area contributed by atoms with E-state index in [4.69, 9.17) is 0 Å². The Morgan fingerprint density at radius 3 is 3.22 bits per heavy atom. The molecule has 0 bridgehead atoms. The van der Waals surface area contributed by atoms with E-state index in [2.05, 4.69) is 22.8 Å². The van der Waals surface area contributed by atoms with Gasteiger partial charge in [-0.05, 0) is 42.0 Å². The van der Waals surface area contributed by atoms with Crippen LogP contribution in [-0.2, 0) is 4.79 Å². The number of carbonyl (C=O) groups is 1. The van der Waals surface area contributed by atoms with Gasteiger partial charge in [0.2, 0.25) is 5.91 Å². The molecule has 0 aliphatic carbocycles. The van der Waals surface area contributed by atoms with Gasteiger partial charge in [-0.1, -0.05) is 0 Å². The van der Waals surface area contributed by atoms with Gasteiger partial charge in [0, 0.05) is 17.1 Å². The third kappa shape index (κ3) is 2.78. The lowest BCUT2D eigenvalue weighted by Crippen LogP contribution is -2.19. The molecule has 2 heterocycles. The Bertz CT molecular complexity index is 458. The fourth-order valence-corrected chi connectivity index (χ4v) is 4.27. The molecule has 2 aliphatic heterocycles. The minimum absolute atomic E-state index is 0.0943. The molecule has 1 atom stereocenters. The molecule has 0 radical (unpaired) electrons. The van der Waals surface area contributed by atoms with Gasteiger partial charge in [0.1, 0.15) is 0 Å². The van der Waals surface area contributed by atoms with Crippen molar-refractivity contribution in [2.75, 3.05) is 34.4 Å². The first-order chi connectivity index (χ1) is 8.81. The summed E-state index contributed by atoms with van der Waals surface area (Å²) in [4.78, 5) is 12.5. The van der Waals surface area contributed by atoms with E-state index in [1.807, 2.05) is 17.8 Å². The first-order valence-electron chi connectivity index (χ1n) is 6.19. The predicted octanol–water partition coefficient (Wildman–Crippen LogP) is 2.90. The molecule has 5 heteroatoms. The van der Waals surface area contributed by atoms with Crippen LogP contribution in [0.1, 0.15) is 6.42 Å². The van der Waals surface area contributed by atoms with Crippen LogP contribution in [0.3, 0.4) is 0 Å². The molecule has 0 spiro atoms. The lowest BCUT2D eigenvalue weighted by molar-refractivity contribution is -0.113. The third-order valence-corrected chi connectivity index (χ3v) is 5.54. The Hall–Kier alpha value is -0.810. The fourth-order valence-electron chi connectivity index (χ4n) is 2.20. The molecule has 1 aromatic rings. The van der Waals surface area contributed by atoms with Gasteiger partial charge in [0.05, 0.1) is 11.4 Å². The van der Waals surface area contributed by atoms with E-state index in [9.17, 15) is 4.79 Å². The molecule has 1 amide bonds. The summed E-state index contributed by atoms with van der Waals surface area (Å²) in [6, 6.07) is 6.23. The first-order valence-corrected chi connectivity index (χ1v) is 8.33. The molecule has 1 saturated heterocycles. The van der Waals surface area contributed by atoms with Gasteiger partial charge >= 0.3 is 0 Å². The summed E-state index contributed by atoms with van der Waals surface area (Å²) in [5.41, 5.74) is 2.05. The van der Waals surface area contributed by atoms with Crippen LogP contribution in [0.2, 0.25) is 0 Å². The Kier molecular flexibility index (Phi) is 3.70. The largest absolute Gasteiger partial charge is 0.385 e. The maximum atomic E-state index is 11.3. The molecular weight excluding hydrogens is 264 g/mol. The van der Waals surface area contributed by atoms with E-state index in [0.29, 0.717) is 5.75 Å². The lowest BCUT2D eigenvalue weighted by Gasteiger charge is -2.18. The van der Waals surface area contributed by atoms with E-state index in [1.165, 1.54) is 17.9 Å². The molecule has 1 aromatic carbocycles.